The van der Waals surface area contributed by atoms with Gasteiger partial charge in [-0.1, -0.05) is 0 Å². The lowest BCUT2D eigenvalue weighted by Gasteiger charge is -2.34. The Kier molecular flexibility index (Phi) is 6.78. The van der Waals surface area contributed by atoms with E-state index in [2.05, 4.69) is 48.2 Å². The highest BCUT2D eigenvalue weighted by atomic mass is 15.3. The van der Waals surface area contributed by atoms with E-state index >= 15 is 0 Å². The van der Waals surface area contributed by atoms with E-state index in [1.807, 2.05) is 36.4 Å². The normalized spacial score (nSPS) is 20.7. The minimum absolute atomic E-state index is 0.538. The number of aryl methyl sites for hydroxylation is 1. The highest BCUT2D eigenvalue weighted by Crippen LogP contribution is 2.26. The maximum atomic E-state index is 4.93. The van der Waals surface area contributed by atoms with E-state index in [1.54, 1.807) is 0 Å². The first-order chi connectivity index (χ1) is 14.7. The Morgan fingerprint density at radius 3 is 2.67 bits per heavy atom. The summed E-state index contributed by atoms with van der Waals surface area (Å²) in [7, 11) is 1.98. The average molecular weight is 412 g/mol. The van der Waals surface area contributed by atoms with Crippen molar-refractivity contribution in [1.82, 2.24) is 34.9 Å². The van der Waals surface area contributed by atoms with Crippen LogP contribution in [0.15, 0.2) is 35.8 Å². The molecular weight excluding hydrogens is 378 g/mol. The van der Waals surface area contributed by atoms with Gasteiger partial charge in [0.15, 0.2) is 5.96 Å². The summed E-state index contributed by atoms with van der Waals surface area (Å²) in [6.45, 7) is 10.9. The van der Waals surface area contributed by atoms with E-state index in [0.717, 1.165) is 77.2 Å². The number of piperazine rings is 1. The lowest BCUT2D eigenvalue weighted by atomic mass is 10.0. The summed E-state index contributed by atoms with van der Waals surface area (Å²) in [6.07, 6.45) is 8.90. The van der Waals surface area contributed by atoms with Crippen LogP contribution in [-0.2, 0) is 7.05 Å². The second kappa shape index (κ2) is 9.88. The van der Waals surface area contributed by atoms with Crippen molar-refractivity contribution in [3.8, 4) is 0 Å². The highest BCUT2D eigenvalue weighted by molar-refractivity contribution is 5.80. The number of guanidine groups is 1. The Morgan fingerprint density at radius 1 is 1.17 bits per heavy atom. The number of aliphatic imine (C=N–C) groups is 1. The number of aromatic nitrogens is 4. The van der Waals surface area contributed by atoms with Gasteiger partial charge in [-0.05, 0) is 25.0 Å². The molecule has 2 aliphatic rings. The maximum Gasteiger partial charge on any atom is 0.225 e. The first kappa shape index (κ1) is 20.6. The molecule has 0 bridgehead atoms. The molecule has 2 aromatic heterocycles. The van der Waals surface area contributed by atoms with Gasteiger partial charge in [-0.15, -0.1) is 0 Å². The van der Waals surface area contributed by atoms with Crippen LogP contribution in [0.1, 0.15) is 24.8 Å². The summed E-state index contributed by atoms with van der Waals surface area (Å²) in [6, 6.07) is 1.86. The van der Waals surface area contributed by atoms with Gasteiger partial charge in [0.1, 0.15) is 0 Å². The van der Waals surface area contributed by atoms with Gasteiger partial charge in [0, 0.05) is 83.9 Å². The van der Waals surface area contributed by atoms with Crippen LogP contribution in [0.3, 0.4) is 0 Å². The number of rotatable bonds is 6. The van der Waals surface area contributed by atoms with Crippen molar-refractivity contribution in [1.29, 1.82) is 0 Å². The zero-order valence-corrected chi connectivity index (χ0v) is 18.1. The Balaban J connectivity index is 1.26. The Labute approximate surface area is 178 Å². The smallest absolute Gasteiger partial charge is 0.225 e. The fourth-order valence-corrected chi connectivity index (χ4v) is 4.22. The molecule has 0 saturated carbocycles. The molecule has 2 saturated heterocycles. The van der Waals surface area contributed by atoms with E-state index in [1.165, 1.54) is 5.56 Å². The van der Waals surface area contributed by atoms with Crippen molar-refractivity contribution in [2.75, 3.05) is 63.8 Å². The minimum atomic E-state index is 0.538. The third-order valence-corrected chi connectivity index (χ3v) is 5.90. The number of likely N-dealkylation sites (tertiary alicyclic amines) is 1. The fourth-order valence-electron chi connectivity index (χ4n) is 4.22. The van der Waals surface area contributed by atoms with Gasteiger partial charge in [0.2, 0.25) is 5.95 Å². The SMILES string of the molecule is CCNC(=NCCN1CCN(c2ncccn2)CC1)N1CCC(c2cnn(C)c2)C1. The summed E-state index contributed by atoms with van der Waals surface area (Å²) in [4.78, 5) is 20.8. The quantitative estimate of drug-likeness (QED) is 0.556. The van der Waals surface area contributed by atoms with Crippen LogP contribution in [-0.4, -0.2) is 94.4 Å². The highest BCUT2D eigenvalue weighted by Gasteiger charge is 2.27. The van der Waals surface area contributed by atoms with Crippen LogP contribution < -0.4 is 10.2 Å². The minimum Gasteiger partial charge on any atom is -0.357 e. The number of nitrogens with one attached hydrogen (secondary N) is 1. The topological polar surface area (TPSA) is 77.7 Å². The van der Waals surface area contributed by atoms with Crippen LogP contribution in [0.25, 0.3) is 0 Å². The molecule has 2 fully saturated rings. The van der Waals surface area contributed by atoms with Gasteiger partial charge in [-0.2, -0.15) is 5.10 Å². The number of nitrogens with zero attached hydrogens (tertiary/aromatic N) is 8. The van der Waals surface area contributed by atoms with Crippen molar-refractivity contribution in [3.63, 3.8) is 0 Å². The molecule has 9 heteroatoms. The lowest BCUT2D eigenvalue weighted by molar-refractivity contribution is 0.263. The van der Waals surface area contributed by atoms with Crippen LogP contribution in [0.2, 0.25) is 0 Å². The zero-order valence-electron chi connectivity index (χ0n) is 18.1. The third kappa shape index (κ3) is 5.08. The second-order valence-electron chi connectivity index (χ2n) is 7.99. The van der Waals surface area contributed by atoms with Crippen LogP contribution in [0.4, 0.5) is 5.95 Å². The molecule has 9 nitrogen and oxygen atoms in total. The first-order valence-corrected chi connectivity index (χ1v) is 11.0. The van der Waals surface area contributed by atoms with Crippen LogP contribution >= 0.6 is 0 Å². The number of hydrogen-bond donors (Lipinski definition) is 1. The third-order valence-electron chi connectivity index (χ3n) is 5.90. The molecule has 4 rings (SSSR count). The maximum absolute atomic E-state index is 4.93. The van der Waals surface area contributed by atoms with Crippen molar-refractivity contribution < 1.29 is 0 Å². The standard InChI is InChI=1S/C21H33N9/c1-3-22-20(30-9-5-18(17-30)19-15-26-27(2)16-19)25-8-10-28-11-13-29(14-12-28)21-23-6-4-7-24-21/h4,6-7,15-16,18H,3,5,8-14,17H2,1-2H3,(H,22,25). The Hall–Kier alpha value is -2.68. The van der Waals surface area contributed by atoms with Crippen LogP contribution in [0, 0.1) is 0 Å². The summed E-state index contributed by atoms with van der Waals surface area (Å²) in [5.41, 5.74) is 1.33. The molecule has 0 amide bonds. The van der Waals surface area contributed by atoms with Crippen molar-refractivity contribution in [3.05, 3.63) is 36.4 Å². The summed E-state index contributed by atoms with van der Waals surface area (Å²) in [5.74, 6) is 2.41. The van der Waals surface area contributed by atoms with Gasteiger partial charge in [0.25, 0.3) is 0 Å². The average Bonchev–Trinajstić information content (AvgIpc) is 3.43. The number of anilines is 1. The lowest BCUT2D eigenvalue weighted by Crippen LogP contribution is -2.48. The van der Waals surface area contributed by atoms with E-state index in [-0.39, 0.29) is 0 Å². The monoisotopic (exact) mass is 411 g/mol. The second-order valence-corrected chi connectivity index (χ2v) is 7.99. The summed E-state index contributed by atoms with van der Waals surface area (Å²) >= 11 is 0. The van der Waals surface area contributed by atoms with E-state index in [4.69, 9.17) is 4.99 Å². The van der Waals surface area contributed by atoms with E-state index in [9.17, 15) is 0 Å². The van der Waals surface area contributed by atoms with E-state index in [0.29, 0.717) is 5.92 Å². The molecule has 2 aliphatic heterocycles. The van der Waals surface area contributed by atoms with Crippen molar-refractivity contribution in [2.45, 2.75) is 19.3 Å². The summed E-state index contributed by atoms with van der Waals surface area (Å²) < 4.78 is 1.89. The molecule has 0 aromatic carbocycles. The van der Waals surface area contributed by atoms with E-state index < -0.39 is 0 Å². The first-order valence-electron chi connectivity index (χ1n) is 11.0. The molecule has 1 atom stereocenters. The van der Waals surface area contributed by atoms with Gasteiger partial charge in [-0.25, -0.2) is 9.97 Å². The number of hydrogen-bond acceptors (Lipinski definition) is 6. The van der Waals surface area contributed by atoms with Gasteiger partial charge < -0.3 is 15.1 Å². The predicted octanol–water partition coefficient (Wildman–Crippen LogP) is 0.787. The largest absolute Gasteiger partial charge is 0.357 e. The fraction of sp³-hybridized carbons (Fsp3) is 0.619. The molecule has 2 aromatic rings. The Bertz CT molecular complexity index is 811. The molecule has 162 valence electrons. The molecule has 30 heavy (non-hydrogen) atoms. The molecule has 4 heterocycles. The molecule has 0 spiro atoms. The molecule has 1 unspecified atom stereocenters. The van der Waals surface area contributed by atoms with Gasteiger partial charge >= 0.3 is 0 Å². The van der Waals surface area contributed by atoms with Crippen molar-refractivity contribution in [2.24, 2.45) is 12.0 Å². The summed E-state index contributed by atoms with van der Waals surface area (Å²) in [5, 5.41) is 7.81. The van der Waals surface area contributed by atoms with Crippen molar-refractivity contribution >= 4 is 11.9 Å². The van der Waals surface area contributed by atoms with Gasteiger partial charge in [0.05, 0.1) is 12.7 Å². The molecule has 1 N–H and O–H groups in total. The Morgan fingerprint density at radius 2 is 1.97 bits per heavy atom. The predicted molar refractivity (Wildman–Crippen MR) is 119 cm³/mol. The zero-order chi connectivity index (χ0) is 20.8. The van der Waals surface area contributed by atoms with Gasteiger partial charge in [-0.3, -0.25) is 14.6 Å². The molecule has 0 aliphatic carbocycles. The molecule has 0 radical (unpaired) electrons. The molecular formula is C21H33N9. The van der Waals surface area contributed by atoms with Crippen LogP contribution in [0.5, 0.6) is 0 Å².